The summed E-state index contributed by atoms with van der Waals surface area (Å²) in [6.45, 7) is 0. The fourth-order valence-electron chi connectivity index (χ4n) is 2.47. The van der Waals surface area contributed by atoms with Crippen molar-refractivity contribution in [2.75, 3.05) is 4.90 Å². The van der Waals surface area contributed by atoms with Gasteiger partial charge in [0.2, 0.25) is 5.91 Å². The van der Waals surface area contributed by atoms with Crippen LogP contribution in [0.1, 0.15) is 11.6 Å². The van der Waals surface area contributed by atoms with Gasteiger partial charge in [-0.3, -0.25) is 4.79 Å². The monoisotopic (exact) mass is 274 g/mol. The average Bonchev–Trinajstić information content (AvgIpc) is 2.45. The van der Waals surface area contributed by atoms with E-state index < -0.39 is 23.7 Å². The van der Waals surface area contributed by atoms with Gasteiger partial charge in [0.15, 0.2) is 0 Å². The van der Waals surface area contributed by atoms with Crippen LogP contribution in [-0.4, -0.2) is 11.9 Å². The number of anilines is 1. The van der Waals surface area contributed by atoms with Gasteiger partial charge in [-0.1, -0.05) is 24.3 Å². The molecule has 1 saturated heterocycles. The van der Waals surface area contributed by atoms with Gasteiger partial charge < -0.3 is 10.6 Å². The summed E-state index contributed by atoms with van der Waals surface area (Å²) in [5.74, 6) is -1.23. The highest BCUT2D eigenvalue weighted by molar-refractivity contribution is 6.05. The Morgan fingerprint density at radius 3 is 2.50 bits per heavy atom. The predicted molar refractivity (Wildman–Crippen MR) is 71.0 cm³/mol. The van der Waals surface area contributed by atoms with Crippen molar-refractivity contribution >= 4 is 11.6 Å². The number of carbonyl (C=O) groups is 1. The second-order valence-electron chi connectivity index (χ2n) is 4.68. The zero-order chi connectivity index (χ0) is 14.3. The molecule has 1 aliphatic heterocycles. The number of amides is 1. The van der Waals surface area contributed by atoms with Crippen molar-refractivity contribution in [1.82, 2.24) is 0 Å². The Hall–Kier alpha value is -2.27. The Bertz CT molecular complexity index is 674. The number of benzene rings is 2. The Morgan fingerprint density at radius 2 is 1.80 bits per heavy atom. The highest BCUT2D eigenvalue weighted by atomic mass is 19.1. The quantitative estimate of drug-likeness (QED) is 0.855. The second kappa shape index (κ2) is 4.68. The summed E-state index contributed by atoms with van der Waals surface area (Å²) in [7, 11) is 0. The van der Waals surface area contributed by atoms with Crippen molar-refractivity contribution in [2.45, 2.75) is 12.1 Å². The van der Waals surface area contributed by atoms with Crippen LogP contribution in [0.25, 0.3) is 0 Å². The lowest BCUT2D eigenvalue weighted by Gasteiger charge is -2.45. The van der Waals surface area contributed by atoms with Crippen molar-refractivity contribution in [3.63, 3.8) is 0 Å². The van der Waals surface area contributed by atoms with Crippen LogP contribution in [0.2, 0.25) is 0 Å². The molecule has 0 bridgehead atoms. The summed E-state index contributed by atoms with van der Waals surface area (Å²) < 4.78 is 27.1. The molecule has 2 N–H and O–H groups in total. The molecule has 2 aromatic rings. The molecule has 5 heteroatoms. The maximum atomic E-state index is 13.9. The van der Waals surface area contributed by atoms with Gasteiger partial charge in [-0.25, -0.2) is 8.78 Å². The fourth-order valence-corrected chi connectivity index (χ4v) is 2.47. The lowest BCUT2D eigenvalue weighted by Crippen LogP contribution is -2.63. The smallest absolute Gasteiger partial charge is 0.247 e. The molecule has 20 heavy (non-hydrogen) atoms. The van der Waals surface area contributed by atoms with Crippen molar-refractivity contribution in [3.05, 3.63) is 65.7 Å². The normalized spacial score (nSPS) is 21.8. The number of hydrogen-bond donors (Lipinski definition) is 1. The Morgan fingerprint density at radius 1 is 1.05 bits per heavy atom. The molecule has 0 spiro atoms. The van der Waals surface area contributed by atoms with Crippen LogP contribution in [0, 0.1) is 11.6 Å². The zero-order valence-electron chi connectivity index (χ0n) is 10.5. The van der Waals surface area contributed by atoms with E-state index in [1.54, 1.807) is 24.3 Å². The van der Waals surface area contributed by atoms with Gasteiger partial charge in [0.25, 0.3) is 0 Å². The molecule has 2 aromatic carbocycles. The Kier molecular flexibility index (Phi) is 2.99. The average molecular weight is 274 g/mol. The first-order valence-electron chi connectivity index (χ1n) is 6.18. The highest BCUT2D eigenvalue weighted by Crippen LogP contribution is 2.39. The largest absolute Gasteiger partial charge is 0.318 e. The SMILES string of the molecule is N[C@@H]1C(=O)N(c2cccc(F)c2)[C@@H]1c1ccccc1F. The number of rotatable bonds is 2. The van der Waals surface area contributed by atoms with E-state index in [2.05, 4.69) is 0 Å². The summed E-state index contributed by atoms with van der Waals surface area (Å²) in [6.07, 6.45) is 0. The molecule has 3 rings (SSSR count). The van der Waals surface area contributed by atoms with Crippen LogP contribution in [-0.2, 0) is 4.79 Å². The van der Waals surface area contributed by atoms with Crippen LogP contribution in [0.3, 0.4) is 0 Å². The second-order valence-corrected chi connectivity index (χ2v) is 4.68. The van der Waals surface area contributed by atoms with Crippen molar-refractivity contribution in [1.29, 1.82) is 0 Å². The van der Waals surface area contributed by atoms with Crippen LogP contribution >= 0.6 is 0 Å². The molecule has 0 unspecified atom stereocenters. The van der Waals surface area contributed by atoms with Gasteiger partial charge in [-0.15, -0.1) is 0 Å². The van der Waals surface area contributed by atoms with Crippen LogP contribution in [0.4, 0.5) is 14.5 Å². The van der Waals surface area contributed by atoms with Crippen LogP contribution in [0.15, 0.2) is 48.5 Å². The van der Waals surface area contributed by atoms with Gasteiger partial charge in [-0.2, -0.15) is 0 Å². The predicted octanol–water partition coefficient (Wildman–Crippen LogP) is 2.38. The molecule has 3 nitrogen and oxygen atoms in total. The lowest BCUT2D eigenvalue weighted by atomic mass is 9.88. The number of nitrogens with zero attached hydrogens (tertiary/aromatic N) is 1. The molecule has 0 saturated carbocycles. The molecule has 0 aliphatic carbocycles. The number of halogens is 2. The maximum absolute atomic E-state index is 13.9. The minimum Gasteiger partial charge on any atom is -0.318 e. The van der Waals surface area contributed by atoms with Gasteiger partial charge in [0, 0.05) is 11.3 Å². The maximum Gasteiger partial charge on any atom is 0.247 e. The first-order chi connectivity index (χ1) is 9.59. The molecular weight excluding hydrogens is 262 g/mol. The molecule has 2 atom stereocenters. The van der Waals surface area contributed by atoms with E-state index in [1.807, 2.05) is 0 Å². The summed E-state index contributed by atoms with van der Waals surface area (Å²) in [5.41, 5.74) is 6.50. The molecule has 0 aromatic heterocycles. The van der Waals surface area contributed by atoms with Crippen LogP contribution in [0.5, 0.6) is 0 Å². The van der Waals surface area contributed by atoms with E-state index in [9.17, 15) is 13.6 Å². The topological polar surface area (TPSA) is 46.3 Å². The summed E-state index contributed by atoms with van der Waals surface area (Å²) in [5, 5.41) is 0. The van der Waals surface area contributed by atoms with Gasteiger partial charge in [-0.05, 0) is 24.3 Å². The molecule has 102 valence electrons. The molecule has 1 fully saturated rings. The molecule has 1 heterocycles. The van der Waals surface area contributed by atoms with Crippen LogP contribution < -0.4 is 10.6 Å². The fraction of sp³-hybridized carbons (Fsp3) is 0.133. The molecule has 1 amide bonds. The van der Waals surface area contributed by atoms with E-state index in [-0.39, 0.29) is 5.91 Å². The van der Waals surface area contributed by atoms with Crippen molar-refractivity contribution < 1.29 is 13.6 Å². The third-order valence-corrected chi connectivity index (χ3v) is 3.45. The summed E-state index contributed by atoms with van der Waals surface area (Å²) >= 11 is 0. The van der Waals surface area contributed by atoms with Gasteiger partial charge >= 0.3 is 0 Å². The van der Waals surface area contributed by atoms with E-state index >= 15 is 0 Å². The molecular formula is C15H12F2N2O. The van der Waals surface area contributed by atoms with Gasteiger partial charge in [0.1, 0.15) is 17.7 Å². The minimum atomic E-state index is -0.810. The molecule has 0 radical (unpaired) electrons. The van der Waals surface area contributed by atoms with Gasteiger partial charge in [0.05, 0.1) is 6.04 Å². The van der Waals surface area contributed by atoms with Crippen molar-refractivity contribution in [3.8, 4) is 0 Å². The summed E-state index contributed by atoms with van der Waals surface area (Å²) in [6, 6.07) is 10.3. The highest BCUT2D eigenvalue weighted by Gasteiger charge is 2.47. The summed E-state index contributed by atoms with van der Waals surface area (Å²) in [4.78, 5) is 13.2. The third-order valence-electron chi connectivity index (χ3n) is 3.45. The van der Waals surface area contributed by atoms with E-state index in [0.717, 1.165) is 0 Å². The molecule has 1 aliphatic rings. The number of hydrogen-bond acceptors (Lipinski definition) is 2. The Labute approximate surface area is 114 Å². The number of β-lactam (4-membered cyclic amide) rings is 1. The Balaban J connectivity index is 2.02. The first-order valence-corrected chi connectivity index (χ1v) is 6.18. The standard InChI is InChI=1S/C15H12F2N2O/c16-9-4-3-5-10(8-9)19-14(13(18)15(19)20)11-6-1-2-7-12(11)17/h1-8,13-14H,18H2/t13-,14+/m0/s1. The number of carbonyl (C=O) groups excluding carboxylic acids is 1. The van der Waals surface area contributed by atoms with E-state index in [0.29, 0.717) is 11.3 Å². The zero-order valence-corrected chi connectivity index (χ0v) is 10.5. The number of nitrogens with two attached hydrogens (primary N) is 1. The van der Waals surface area contributed by atoms with E-state index in [1.165, 1.54) is 29.2 Å². The van der Waals surface area contributed by atoms with E-state index in [4.69, 9.17) is 5.73 Å². The lowest BCUT2D eigenvalue weighted by molar-refractivity contribution is -0.126. The third kappa shape index (κ3) is 1.87. The minimum absolute atomic E-state index is 0.337. The first kappa shape index (κ1) is 12.7. The van der Waals surface area contributed by atoms with Crippen molar-refractivity contribution in [2.24, 2.45) is 5.73 Å².